The van der Waals surface area contributed by atoms with Gasteiger partial charge in [-0.1, -0.05) is 5.21 Å². The monoisotopic (exact) mass is 283 g/mol. The van der Waals surface area contributed by atoms with Gasteiger partial charge >= 0.3 is 6.09 Å². The number of ether oxygens (including phenoxy) is 1. The van der Waals surface area contributed by atoms with E-state index >= 15 is 0 Å². The summed E-state index contributed by atoms with van der Waals surface area (Å²) in [7, 11) is 1.24. The predicted octanol–water partition coefficient (Wildman–Crippen LogP) is -0.560. The van der Waals surface area contributed by atoms with Crippen LogP contribution in [0.5, 0.6) is 0 Å². The highest BCUT2D eigenvalue weighted by Gasteiger charge is 2.28. The van der Waals surface area contributed by atoms with Gasteiger partial charge < -0.3 is 14.7 Å². The number of nitrogens with zero attached hydrogens (tertiary/aromatic N) is 4. The molecule has 2 heterocycles. The van der Waals surface area contributed by atoms with Crippen molar-refractivity contribution >= 4 is 17.8 Å². The van der Waals surface area contributed by atoms with Gasteiger partial charge in [0.25, 0.3) is 0 Å². The Balaban J connectivity index is 1.93. The van der Waals surface area contributed by atoms with E-state index in [1.165, 1.54) is 18.0 Å². The molecule has 110 valence electrons. The Morgan fingerprint density at radius 2 is 2.40 bits per heavy atom. The maximum absolute atomic E-state index is 12.1. The molecule has 0 bridgehead atoms. The van der Waals surface area contributed by atoms with E-state index in [0.717, 1.165) is 12.8 Å². The van der Waals surface area contributed by atoms with E-state index in [4.69, 9.17) is 0 Å². The molecule has 1 atom stereocenters. The zero-order chi connectivity index (χ0) is 14.5. The molecule has 0 saturated carbocycles. The standard InChI is InChI=1S/C11H17N5O4/c1-20-11(19)12-9-5-15(14-13-9)6-10(18)16-4-2-3-8(16)7-17/h5,8,17H,2-4,6-7H2,1H3,(H,12,19). The number of carbonyl (C=O) groups excluding carboxylic acids is 2. The number of methoxy groups -OCH3 is 1. The lowest BCUT2D eigenvalue weighted by Crippen LogP contribution is -2.39. The fraction of sp³-hybridized carbons (Fsp3) is 0.636. The topological polar surface area (TPSA) is 110 Å². The normalized spacial score (nSPS) is 18.1. The first-order valence-corrected chi connectivity index (χ1v) is 6.29. The van der Waals surface area contributed by atoms with Crippen molar-refractivity contribution in [1.82, 2.24) is 19.9 Å². The van der Waals surface area contributed by atoms with Gasteiger partial charge in [0, 0.05) is 6.54 Å². The van der Waals surface area contributed by atoms with Gasteiger partial charge in [-0.05, 0) is 12.8 Å². The number of aliphatic hydroxyl groups is 1. The van der Waals surface area contributed by atoms with Crippen LogP contribution in [0.15, 0.2) is 6.20 Å². The molecular weight excluding hydrogens is 266 g/mol. The third-order valence-corrected chi connectivity index (χ3v) is 3.16. The summed E-state index contributed by atoms with van der Waals surface area (Å²) in [6.07, 6.45) is 2.50. The second kappa shape index (κ2) is 6.33. The van der Waals surface area contributed by atoms with Crippen molar-refractivity contribution in [1.29, 1.82) is 0 Å². The second-order valence-corrected chi connectivity index (χ2v) is 4.48. The Kier molecular flexibility index (Phi) is 4.51. The van der Waals surface area contributed by atoms with Crippen LogP contribution in [-0.2, 0) is 16.1 Å². The molecule has 0 spiro atoms. The molecule has 1 aliphatic heterocycles. The molecule has 1 aliphatic rings. The van der Waals surface area contributed by atoms with Crippen molar-refractivity contribution in [3.8, 4) is 0 Å². The molecule has 1 unspecified atom stereocenters. The molecule has 9 heteroatoms. The summed E-state index contributed by atoms with van der Waals surface area (Å²) in [4.78, 5) is 24.7. The van der Waals surface area contributed by atoms with Crippen LogP contribution in [0.1, 0.15) is 12.8 Å². The first-order valence-electron chi connectivity index (χ1n) is 6.29. The van der Waals surface area contributed by atoms with Gasteiger partial charge in [-0.2, -0.15) is 0 Å². The van der Waals surface area contributed by atoms with E-state index in [1.54, 1.807) is 4.90 Å². The first kappa shape index (κ1) is 14.3. The minimum atomic E-state index is -0.650. The number of nitrogens with one attached hydrogen (secondary N) is 1. The summed E-state index contributed by atoms with van der Waals surface area (Å²) >= 11 is 0. The van der Waals surface area contributed by atoms with Crippen molar-refractivity contribution in [3.63, 3.8) is 0 Å². The van der Waals surface area contributed by atoms with Crippen LogP contribution in [-0.4, -0.2) is 63.3 Å². The summed E-state index contributed by atoms with van der Waals surface area (Å²) in [6, 6.07) is -0.112. The van der Waals surface area contributed by atoms with E-state index in [1.807, 2.05) is 0 Å². The second-order valence-electron chi connectivity index (χ2n) is 4.48. The molecule has 0 radical (unpaired) electrons. The molecule has 1 aromatic rings. The van der Waals surface area contributed by atoms with Gasteiger partial charge in [-0.25, -0.2) is 9.48 Å². The minimum absolute atomic E-state index is 0.0202. The molecule has 2 amide bonds. The summed E-state index contributed by atoms with van der Waals surface area (Å²) in [5.74, 6) is 0.0841. The Labute approximate surface area is 115 Å². The number of rotatable bonds is 4. The van der Waals surface area contributed by atoms with Crippen LogP contribution in [0.3, 0.4) is 0 Å². The van der Waals surface area contributed by atoms with E-state index in [-0.39, 0.29) is 30.9 Å². The van der Waals surface area contributed by atoms with Crippen molar-refractivity contribution in [3.05, 3.63) is 6.20 Å². The lowest BCUT2D eigenvalue weighted by molar-refractivity contribution is -0.133. The fourth-order valence-corrected chi connectivity index (χ4v) is 2.17. The molecule has 2 N–H and O–H groups in total. The largest absolute Gasteiger partial charge is 0.453 e. The molecule has 1 saturated heterocycles. The Morgan fingerprint density at radius 1 is 1.60 bits per heavy atom. The van der Waals surface area contributed by atoms with Crippen LogP contribution >= 0.6 is 0 Å². The number of hydrogen-bond donors (Lipinski definition) is 2. The van der Waals surface area contributed by atoms with Crippen molar-refractivity contribution in [2.75, 3.05) is 25.6 Å². The quantitative estimate of drug-likeness (QED) is 0.766. The number of likely N-dealkylation sites (tertiary alicyclic amines) is 1. The van der Waals surface area contributed by atoms with Crippen LogP contribution in [0, 0.1) is 0 Å². The lowest BCUT2D eigenvalue weighted by Gasteiger charge is -2.22. The smallest absolute Gasteiger partial charge is 0.412 e. The van der Waals surface area contributed by atoms with Crippen LogP contribution in [0.2, 0.25) is 0 Å². The average Bonchev–Trinajstić information content (AvgIpc) is 3.07. The summed E-state index contributed by atoms with van der Waals surface area (Å²) < 4.78 is 5.76. The molecule has 9 nitrogen and oxygen atoms in total. The number of hydrogen-bond acceptors (Lipinski definition) is 6. The summed E-state index contributed by atoms with van der Waals surface area (Å²) in [6.45, 7) is 0.636. The van der Waals surface area contributed by atoms with Gasteiger partial charge in [-0.3, -0.25) is 10.1 Å². The molecule has 2 rings (SSSR count). The van der Waals surface area contributed by atoms with Crippen molar-refractivity contribution < 1.29 is 19.4 Å². The van der Waals surface area contributed by atoms with Crippen LogP contribution in [0.4, 0.5) is 10.6 Å². The molecule has 0 aromatic carbocycles. The maximum atomic E-state index is 12.1. The lowest BCUT2D eigenvalue weighted by atomic mass is 10.2. The first-order chi connectivity index (χ1) is 9.63. The zero-order valence-electron chi connectivity index (χ0n) is 11.2. The Bertz CT molecular complexity index is 489. The number of amides is 2. The third kappa shape index (κ3) is 3.23. The third-order valence-electron chi connectivity index (χ3n) is 3.16. The highest BCUT2D eigenvalue weighted by Crippen LogP contribution is 2.17. The van der Waals surface area contributed by atoms with Crippen molar-refractivity contribution in [2.24, 2.45) is 0 Å². The molecule has 1 fully saturated rings. The number of aromatic nitrogens is 3. The molecule has 1 aromatic heterocycles. The van der Waals surface area contributed by atoms with Gasteiger partial charge in [0.2, 0.25) is 5.91 Å². The average molecular weight is 283 g/mol. The van der Waals surface area contributed by atoms with Gasteiger partial charge in [-0.15, -0.1) is 5.10 Å². The van der Waals surface area contributed by atoms with Crippen LogP contribution in [0.25, 0.3) is 0 Å². The highest BCUT2D eigenvalue weighted by atomic mass is 16.5. The van der Waals surface area contributed by atoms with Gasteiger partial charge in [0.05, 0.1) is 26.0 Å². The number of carbonyl (C=O) groups is 2. The van der Waals surface area contributed by atoms with Crippen LogP contribution < -0.4 is 5.32 Å². The zero-order valence-corrected chi connectivity index (χ0v) is 11.2. The van der Waals surface area contributed by atoms with E-state index in [2.05, 4.69) is 20.4 Å². The minimum Gasteiger partial charge on any atom is -0.453 e. The number of anilines is 1. The maximum Gasteiger partial charge on any atom is 0.412 e. The molecular formula is C11H17N5O4. The van der Waals surface area contributed by atoms with Gasteiger partial charge in [0.1, 0.15) is 6.54 Å². The number of aliphatic hydroxyl groups excluding tert-OH is 1. The van der Waals surface area contributed by atoms with E-state index in [0.29, 0.717) is 6.54 Å². The van der Waals surface area contributed by atoms with E-state index in [9.17, 15) is 14.7 Å². The summed E-state index contributed by atoms with van der Waals surface area (Å²) in [5, 5.41) is 19.0. The predicted molar refractivity (Wildman–Crippen MR) is 67.9 cm³/mol. The summed E-state index contributed by atoms with van der Waals surface area (Å²) in [5.41, 5.74) is 0. The molecule has 0 aliphatic carbocycles. The van der Waals surface area contributed by atoms with E-state index < -0.39 is 6.09 Å². The fourth-order valence-electron chi connectivity index (χ4n) is 2.17. The van der Waals surface area contributed by atoms with Gasteiger partial charge in [0.15, 0.2) is 5.82 Å². The Hall–Kier alpha value is -2.16. The Morgan fingerprint density at radius 3 is 3.10 bits per heavy atom. The highest BCUT2D eigenvalue weighted by molar-refractivity contribution is 5.83. The SMILES string of the molecule is COC(=O)Nc1cn(CC(=O)N2CCCC2CO)nn1. The van der Waals surface area contributed by atoms with Crippen molar-refractivity contribution in [2.45, 2.75) is 25.4 Å². The molecule has 20 heavy (non-hydrogen) atoms.